The Kier molecular flexibility index (Phi) is 3.99. The summed E-state index contributed by atoms with van der Waals surface area (Å²) in [5.74, 6) is 2.68. The molecule has 1 N–H and O–H groups in total. The highest BCUT2D eigenvalue weighted by atomic mass is 16.3. The van der Waals surface area contributed by atoms with Gasteiger partial charge in [-0.3, -0.25) is 0 Å². The largest absolute Gasteiger partial charge is 0.466 e. The van der Waals surface area contributed by atoms with Crippen LogP contribution in [0, 0.1) is 20.8 Å². The van der Waals surface area contributed by atoms with E-state index in [2.05, 4.69) is 34.6 Å². The van der Waals surface area contributed by atoms with Gasteiger partial charge in [-0.15, -0.1) is 10.2 Å². The van der Waals surface area contributed by atoms with Crippen LogP contribution in [0.2, 0.25) is 0 Å². The monoisotopic (exact) mass is 263 g/mol. The van der Waals surface area contributed by atoms with E-state index in [1.165, 1.54) is 15.9 Å². The summed E-state index contributed by atoms with van der Waals surface area (Å²) in [5, 5.41) is 15.7. The Morgan fingerprint density at radius 2 is 2.00 bits per heavy atom. The van der Waals surface area contributed by atoms with Crippen molar-refractivity contribution in [2.45, 2.75) is 40.2 Å². The lowest BCUT2D eigenvalue weighted by Gasteiger charge is -2.16. The first-order chi connectivity index (χ1) is 9.02. The van der Waals surface area contributed by atoms with Crippen LogP contribution in [-0.4, -0.2) is 26.8 Å². The number of rotatable bonds is 5. The van der Waals surface area contributed by atoms with E-state index in [1.54, 1.807) is 7.05 Å². The molecule has 0 spiro atoms. The second-order valence-electron chi connectivity index (χ2n) is 4.76. The Morgan fingerprint density at radius 3 is 2.47 bits per heavy atom. The minimum Gasteiger partial charge on any atom is -0.466 e. The molecule has 0 radical (unpaired) electrons. The lowest BCUT2D eigenvalue weighted by atomic mass is 9.99. The van der Waals surface area contributed by atoms with Crippen molar-refractivity contribution in [2.75, 3.05) is 6.54 Å². The van der Waals surface area contributed by atoms with Crippen molar-refractivity contribution in [3.63, 3.8) is 0 Å². The fraction of sp³-hybridized carbons (Fsp3) is 0.615. The van der Waals surface area contributed by atoms with Crippen molar-refractivity contribution >= 4 is 0 Å². The Morgan fingerprint density at radius 1 is 1.26 bits per heavy atom. The molecule has 0 aliphatic heterocycles. The van der Waals surface area contributed by atoms with Crippen LogP contribution in [0.4, 0.5) is 0 Å². The van der Waals surface area contributed by atoms with Crippen molar-refractivity contribution in [2.24, 2.45) is 7.05 Å². The maximum Gasteiger partial charge on any atom is 0.176 e. The minimum absolute atomic E-state index is 0.159. The summed E-state index contributed by atoms with van der Waals surface area (Å²) in [5.41, 5.74) is 2.42. The first-order valence-corrected chi connectivity index (χ1v) is 6.55. The number of likely N-dealkylation sites (N-methyl/N-ethyl adjacent to an activating group) is 1. The van der Waals surface area contributed by atoms with Gasteiger partial charge in [-0.1, -0.05) is 6.92 Å². The van der Waals surface area contributed by atoms with E-state index in [9.17, 15) is 0 Å². The van der Waals surface area contributed by atoms with Gasteiger partial charge >= 0.3 is 0 Å². The van der Waals surface area contributed by atoms with Crippen LogP contribution in [0.5, 0.6) is 0 Å². The summed E-state index contributed by atoms with van der Waals surface area (Å²) in [6.45, 7) is 9.07. The Hall–Kier alpha value is -1.69. The summed E-state index contributed by atoms with van der Waals surface area (Å²) >= 11 is 0. The van der Waals surface area contributed by atoms with Crippen LogP contribution >= 0.6 is 0 Å². The van der Waals surface area contributed by atoms with Gasteiger partial charge in [0.25, 0.3) is 0 Å². The third-order valence-electron chi connectivity index (χ3n) is 3.35. The molecule has 2 heterocycles. The van der Waals surface area contributed by atoms with Crippen LogP contribution < -0.4 is 5.32 Å². The van der Waals surface area contributed by atoms with Crippen LogP contribution in [0.1, 0.15) is 41.4 Å². The summed E-state index contributed by atoms with van der Waals surface area (Å²) in [6.07, 6.45) is 0.711. The minimum atomic E-state index is 0.159. The molecule has 104 valence electrons. The molecule has 2 aromatic heterocycles. The van der Waals surface area contributed by atoms with E-state index in [-0.39, 0.29) is 6.04 Å². The van der Waals surface area contributed by atoms with Crippen molar-refractivity contribution in [1.29, 1.82) is 0 Å². The lowest BCUT2D eigenvalue weighted by Crippen LogP contribution is -2.24. The number of hydrogen-bond acceptors (Lipinski definition) is 5. The molecule has 0 aromatic carbocycles. The zero-order valence-electron chi connectivity index (χ0n) is 12.2. The molecule has 0 bridgehead atoms. The fourth-order valence-electron chi connectivity index (χ4n) is 2.43. The topological polar surface area (TPSA) is 68.8 Å². The molecular weight excluding hydrogens is 242 g/mol. The molecule has 6 nitrogen and oxygen atoms in total. The Bertz CT molecular complexity index is 557. The molecular formula is C13H21N5O. The molecule has 1 unspecified atom stereocenters. The van der Waals surface area contributed by atoms with Crippen LogP contribution in [-0.2, 0) is 13.5 Å². The Labute approximate surface area is 113 Å². The van der Waals surface area contributed by atoms with E-state index >= 15 is 0 Å². The van der Waals surface area contributed by atoms with Crippen molar-refractivity contribution < 1.29 is 4.42 Å². The number of nitrogens with zero attached hydrogens (tertiary/aromatic N) is 4. The first kappa shape index (κ1) is 13.7. The van der Waals surface area contributed by atoms with Crippen LogP contribution in [0.15, 0.2) is 4.42 Å². The second-order valence-corrected chi connectivity index (χ2v) is 4.76. The van der Waals surface area contributed by atoms with Gasteiger partial charge in [0, 0.05) is 18.0 Å². The number of hydrogen-bond donors (Lipinski definition) is 1. The molecule has 1 atom stereocenters. The molecule has 2 rings (SSSR count). The van der Waals surface area contributed by atoms with Crippen molar-refractivity contribution in [3.05, 3.63) is 28.5 Å². The lowest BCUT2D eigenvalue weighted by molar-refractivity contribution is 0.481. The quantitative estimate of drug-likeness (QED) is 0.887. The average molecular weight is 263 g/mol. The van der Waals surface area contributed by atoms with Gasteiger partial charge in [0.05, 0.1) is 7.05 Å². The standard InChI is InChI=1S/C13H21N5O/c1-6-14-11(7-12-15-17-18(5)16-12)13-8(2)9(3)19-10(13)4/h11,14H,6-7H2,1-5H3. The zero-order valence-corrected chi connectivity index (χ0v) is 12.2. The highest BCUT2D eigenvalue weighted by Crippen LogP contribution is 2.28. The molecule has 0 fully saturated rings. The van der Waals surface area contributed by atoms with Crippen LogP contribution in [0.25, 0.3) is 0 Å². The van der Waals surface area contributed by atoms with Crippen molar-refractivity contribution in [1.82, 2.24) is 25.5 Å². The molecule has 0 saturated carbocycles. The van der Waals surface area contributed by atoms with E-state index < -0.39 is 0 Å². The average Bonchev–Trinajstić information content (AvgIpc) is 2.84. The molecule has 2 aromatic rings. The van der Waals surface area contributed by atoms with E-state index in [0.717, 1.165) is 23.9 Å². The van der Waals surface area contributed by atoms with Gasteiger partial charge in [0.1, 0.15) is 11.5 Å². The number of furan rings is 1. The van der Waals surface area contributed by atoms with E-state index in [0.29, 0.717) is 6.42 Å². The van der Waals surface area contributed by atoms with Gasteiger partial charge in [0.15, 0.2) is 5.82 Å². The smallest absolute Gasteiger partial charge is 0.176 e. The van der Waals surface area contributed by atoms with Gasteiger partial charge < -0.3 is 9.73 Å². The summed E-state index contributed by atoms with van der Waals surface area (Å²) < 4.78 is 5.71. The third kappa shape index (κ3) is 2.84. The zero-order chi connectivity index (χ0) is 14.0. The molecule has 0 saturated heterocycles. The van der Waals surface area contributed by atoms with Gasteiger partial charge in [-0.25, -0.2) is 0 Å². The van der Waals surface area contributed by atoms with E-state index in [1.807, 2.05) is 13.8 Å². The maximum atomic E-state index is 5.71. The predicted octanol–water partition coefficient (Wildman–Crippen LogP) is 1.62. The number of tetrazole rings is 1. The van der Waals surface area contributed by atoms with Crippen molar-refractivity contribution in [3.8, 4) is 0 Å². The van der Waals surface area contributed by atoms with Gasteiger partial charge in [0.2, 0.25) is 0 Å². The van der Waals surface area contributed by atoms with Crippen LogP contribution in [0.3, 0.4) is 0 Å². The first-order valence-electron chi connectivity index (χ1n) is 6.55. The molecule has 6 heteroatoms. The highest BCUT2D eigenvalue weighted by molar-refractivity contribution is 5.34. The maximum absolute atomic E-state index is 5.71. The van der Waals surface area contributed by atoms with Gasteiger partial charge in [-0.05, 0) is 38.1 Å². The fourth-order valence-corrected chi connectivity index (χ4v) is 2.43. The van der Waals surface area contributed by atoms with E-state index in [4.69, 9.17) is 4.42 Å². The summed E-state index contributed by atoms with van der Waals surface area (Å²) in [7, 11) is 1.78. The highest BCUT2D eigenvalue weighted by Gasteiger charge is 2.22. The molecule has 0 aliphatic carbocycles. The SMILES string of the molecule is CCNC(Cc1nnn(C)n1)c1c(C)oc(C)c1C. The summed E-state index contributed by atoms with van der Waals surface area (Å²) in [4.78, 5) is 1.48. The summed E-state index contributed by atoms with van der Waals surface area (Å²) in [6, 6.07) is 0.159. The number of aryl methyl sites for hydroxylation is 3. The number of aromatic nitrogens is 4. The normalized spacial score (nSPS) is 12.9. The molecule has 0 aliphatic rings. The molecule has 0 amide bonds. The predicted molar refractivity (Wildman–Crippen MR) is 71.8 cm³/mol. The molecule has 19 heavy (non-hydrogen) atoms. The Balaban J connectivity index is 2.29. The number of nitrogens with one attached hydrogen (secondary N) is 1. The second kappa shape index (κ2) is 5.52. The third-order valence-corrected chi connectivity index (χ3v) is 3.35. The van der Waals surface area contributed by atoms with Gasteiger partial charge in [-0.2, -0.15) is 4.80 Å².